The molecule has 1 unspecified atom stereocenters. The third-order valence-electron chi connectivity index (χ3n) is 5.89. The number of likely N-dealkylation sites (tertiary alicyclic amines) is 2. The number of piperidine rings is 1. The van der Waals surface area contributed by atoms with Gasteiger partial charge in [-0.3, -0.25) is 14.5 Å². The Labute approximate surface area is 149 Å². The summed E-state index contributed by atoms with van der Waals surface area (Å²) in [4.78, 5) is 29.2. The van der Waals surface area contributed by atoms with E-state index in [9.17, 15) is 9.59 Å². The van der Waals surface area contributed by atoms with E-state index in [2.05, 4.69) is 16.3 Å². The van der Waals surface area contributed by atoms with Crippen LogP contribution < -0.4 is 5.32 Å². The Bertz CT molecular complexity index is 667. The van der Waals surface area contributed by atoms with Gasteiger partial charge in [0.15, 0.2) is 0 Å². The molecule has 0 spiro atoms. The molecule has 25 heavy (non-hydrogen) atoms. The molecule has 1 N–H and O–H groups in total. The largest absolute Gasteiger partial charge is 0.333 e. The maximum atomic E-state index is 12.6. The van der Waals surface area contributed by atoms with E-state index in [-0.39, 0.29) is 5.91 Å². The number of hydrogen-bond acceptors (Lipinski definition) is 3. The zero-order valence-electron chi connectivity index (χ0n) is 14.8. The maximum absolute atomic E-state index is 12.6. The first-order chi connectivity index (χ1) is 12.2. The highest BCUT2D eigenvalue weighted by Crippen LogP contribution is 2.25. The molecule has 2 fully saturated rings. The van der Waals surface area contributed by atoms with Gasteiger partial charge >= 0.3 is 11.8 Å². The van der Waals surface area contributed by atoms with E-state index in [0.717, 1.165) is 44.5 Å². The highest BCUT2D eigenvalue weighted by Gasteiger charge is 2.31. The fourth-order valence-corrected chi connectivity index (χ4v) is 4.52. The van der Waals surface area contributed by atoms with Crippen LogP contribution in [-0.2, 0) is 22.4 Å². The first kappa shape index (κ1) is 16.6. The summed E-state index contributed by atoms with van der Waals surface area (Å²) < 4.78 is 0. The van der Waals surface area contributed by atoms with E-state index in [1.807, 2.05) is 12.1 Å². The van der Waals surface area contributed by atoms with Crippen molar-refractivity contribution in [2.24, 2.45) is 0 Å². The number of aryl methyl sites for hydroxylation is 2. The molecular weight excluding hydrogens is 314 g/mol. The zero-order valence-corrected chi connectivity index (χ0v) is 14.8. The van der Waals surface area contributed by atoms with Crippen LogP contribution in [0, 0.1) is 0 Å². The summed E-state index contributed by atoms with van der Waals surface area (Å²) in [6, 6.07) is 6.44. The molecule has 2 heterocycles. The third kappa shape index (κ3) is 3.56. The Morgan fingerprint density at radius 3 is 2.60 bits per heavy atom. The van der Waals surface area contributed by atoms with Gasteiger partial charge in [0, 0.05) is 24.8 Å². The Hall–Kier alpha value is -1.88. The Morgan fingerprint density at radius 1 is 0.960 bits per heavy atom. The molecule has 1 aromatic carbocycles. The van der Waals surface area contributed by atoms with E-state index in [1.54, 1.807) is 4.90 Å². The second-order valence-electron chi connectivity index (χ2n) is 7.58. The van der Waals surface area contributed by atoms with Crippen molar-refractivity contribution in [1.29, 1.82) is 0 Å². The summed E-state index contributed by atoms with van der Waals surface area (Å²) in [5, 5.41) is 2.81. The number of nitrogens with zero attached hydrogens (tertiary/aromatic N) is 2. The van der Waals surface area contributed by atoms with Crippen molar-refractivity contribution in [3.63, 3.8) is 0 Å². The van der Waals surface area contributed by atoms with Gasteiger partial charge in [0.1, 0.15) is 0 Å². The highest BCUT2D eigenvalue weighted by atomic mass is 16.2. The van der Waals surface area contributed by atoms with Crippen LogP contribution in [0.15, 0.2) is 18.2 Å². The SMILES string of the molecule is O=C(Nc1ccc2c(c1)CCC2)C(=O)N1CCCC(N2CCCC2)C1. The summed E-state index contributed by atoms with van der Waals surface area (Å²) in [5.41, 5.74) is 3.42. The lowest BCUT2D eigenvalue weighted by Gasteiger charge is -2.37. The number of amides is 2. The monoisotopic (exact) mass is 341 g/mol. The molecule has 2 saturated heterocycles. The third-order valence-corrected chi connectivity index (χ3v) is 5.89. The summed E-state index contributed by atoms with van der Waals surface area (Å²) in [7, 11) is 0. The van der Waals surface area contributed by atoms with E-state index in [1.165, 1.54) is 30.4 Å². The van der Waals surface area contributed by atoms with Crippen LogP contribution in [0.2, 0.25) is 0 Å². The van der Waals surface area contributed by atoms with Gasteiger partial charge in [-0.15, -0.1) is 0 Å². The first-order valence-electron chi connectivity index (χ1n) is 9.67. The molecule has 0 aromatic heterocycles. The molecule has 0 radical (unpaired) electrons. The van der Waals surface area contributed by atoms with Gasteiger partial charge in [0.05, 0.1) is 0 Å². The maximum Gasteiger partial charge on any atom is 0.313 e. The average molecular weight is 341 g/mol. The lowest BCUT2D eigenvalue weighted by atomic mass is 10.0. The van der Waals surface area contributed by atoms with E-state index >= 15 is 0 Å². The van der Waals surface area contributed by atoms with Gasteiger partial charge in [-0.1, -0.05) is 6.07 Å². The van der Waals surface area contributed by atoms with Gasteiger partial charge in [0.2, 0.25) is 0 Å². The topological polar surface area (TPSA) is 52.7 Å². The normalized spacial score (nSPS) is 23.5. The number of fused-ring (bicyclic) bond motifs is 1. The van der Waals surface area contributed by atoms with Crippen LogP contribution in [0.1, 0.15) is 43.2 Å². The minimum atomic E-state index is -0.500. The summed E-state index contributed by atoms with van der Waals surface area (Å²) in [5.74, 6) is -0.885. The van der Waals surface area contributed by atoms with Gasteiger partial charge in [-0.25, -0.2) is 0 Å². The number of benzene rings is 1. The second-order valence-corrected chi connectivity index (χ2v) is 7.58. The van der Waals surface area contributed by atoms with Crippen LogP contribution in [0.25, 0.3) is 0 Å². The molecule has 1 aliphatic carbocycles. The van der Waals surface area contributed by atoms with Crippen molar-refractivity contribution < 1.29 is 9.59 Å². The Balaban J connectivity index is 1.37. The van der Waals surface area contributed by atoms with Crippen LogP contribution in [-0.4, -0.2) is 53.8 Å². The average Bonchev–Trinajstić information content (AvgIpc) is 3.32. The number of hydrogen-bond donors (Lipinski definition) is 1. The van der Waals surface area contributed by atoms with E-state index in [0.29, 0.717) is 19.1 Å². The number of carbonyl (C=O) groups excluding carboxylic acids is 2. The zero-order chi connectivity index (χ0) is 17.2. The van der Waals surface area contributed by atoms with Crippen molar-refractivity contribution in [2.45, 2.75) is 51.0 Å². The van der Waals surface area contributed by atoms with Crippen LogP contribution >= 0.6 is 0 Å². The van der Waals surface area contributed by atoms with Crippen molar-refractivity contribution in [1.82, 2.24) is 9.80 Å². The van der Waals surface area contributed by atoms with Gasteiger partial charge in [-0.2, -0.15) is 0 Å². The molecule has 4 rings (SSSR count). The van der Waals surface area contributed by atoms with Gasteiger partial charge < -0.3 is 10.2 Å². The smallest absolute Gasteiger partial charge is 0.313 e. The molecule has 0 saturated carbocycles. The molecule has 3 aliphatic rings. The number of carbonyl (C=O) groups is 2. The highest BCUT2D eigenvalue weighted by molar-refractivity contribution is 6.39. The number of anilines is 1. The number of rotatable bonds is 2. The van der Waals surface area contributed by atoms with Gasteiger partial charge in [0.25, 0.3) is 0 Å². The lowest BCUT2D eigenvalue weighted by molar-refractivity contribution is -0.144. The van der Waals surface area contributed by atoms with Crippen LogP contribution in [0.5, 0.6) is 0 Å². The standard InChI is InChI=1S/C20H27N3O2/c24-19(21-17-9-8-15-5-3-6-16(15)13-17)20(25)23-12-4-7-18(14-23)22-10-1-2-11-22/h8-9,13,18H,1-7,10-12,14H2,(H,21,24). The lowest BCUT2D eigenvalue weighted by Crippen LogP contribution is -2.51. The molecule has 2 amide bonds. The summed E-state index contributed by atoms with van der Waals surface area (Å²) in [6.07, 6.45) is 7.99. The molecule has 2 aliphatic heterocycles. The summed E-state index contributed by atoms with van der Waals surface area (Å²) >= 11 is 0. The minimum absolute atomic E-state index is 0.385. The van der Waals surface area contributed by atoms with E-state index in [4.69, 9.17) is 0 Å². The predicted molar refractivity (Wildman–Crippen MR) is 97.5 cm³/mol. The van der Waals surface area contributed by atoms with Crippen molar-refractivity contribution >= 4 is 17.5 Å². The first-order valence-corrected chi connectivity index (χ1v) is 9.67. The van der Waals surface area contributed by atoms with Crippen molar-refractivity contribution in [2.75, 3.05) is 31.5 Å². The predicted octanol–water partition coefficient (Wildman–Crippen LogP) is 2.20. The fraction of sp³-hybridized carbons (Fsp3) is 0.600. The molecule has 1 atom stereocenters. The Kier molecular flexibility index (Phi) is 4.75. The molecule has 134 valence electrons. The fourth-order valence-electron chi connectivity index (χ4n) is 4.52. The van der Waals surface area contributed by atoms with Crippen molar-refractivity contribution in [3.8, 4) is 0 Å². The second kappa shape index (κ2) is 7.16. The van der Waals surface area contributed by atoms with Crippen LogP contribution in [0.3, 0.4) is 0 Å². The van der Waals surface area contributed by atoms with Gasteiger partial charge in [-0.05, 0) is 81.3 Å². The van der Waals surface area contributed by atoms with Crippen molar-refractivity contribution in [3.05, 3.63) is 29.3 Å². The number of nitrogens with one attached hydrogen (secondary N) is 1. The quantitative estimate of drug-likeness (QED) is 0.839. The van der Waals surface area contributed by atoms with Crippen LogP contribution in [0.4, 0.5) is 5.69 Å². The summed E-state index contributed by atoms with van der Waals surface area (Å²) in [6.45, 7) is 3.65. The van der Waals surface area contributed by atoms with E-state index < -0.39 is 5.91 Å². The molecular formula is C20H27N3O2. The minimum Gasteiger partial charge on any atom is -0.333 e. The molecule has 5 heteroatoms. The molecule has 5 nitrogen and oxygen atoms in total. The Morgan fingerprint density at radius 2 is 1.76 bits per heavy atom. The molecule has 1 aromatic rings. The molecule has 0 bridgehead atoms.